The third-order valence-electron chi connectivity index (χ3n) is 5.43. The number of hydrogen-bond acceptors (Lipinski definition) is 5. The number of benzene rings is 3. The molecule has 4 rings (SSSR count). The molecule has 0 atom stereocenters. The van der Waals surface area contributed by atoms with E-state index in [4.69, 9.17) is 17.0 Å². The Morgan fingerprint density at radius 2 is 1.68 bits per heavy atom. The number of hydrogen-bond donors (Lipinski definition) is 1. The van der Waals surface area contributed by atoms with Crippen molar-refractivity contribution in [3.63, 3.8) is 0 Å². The second-order valence-electron chi connectivity index (χ2n) is 7.66. The summed E-state index contributed by atoms with van der Waals surface area (Å²) in [5.74, 6) is 0.0179. The SMILES string of the molecule is COc1cccc(/C=C2/SC(=S)N(CCNC(=O)C(c3ccccc3)c3ccccc3)C2=O)c1. The summed E-state index contributed by atoms with van der Waals surface area (Å²) < 4.78 is 5.73. The van der Waals surface area contributed by atoms with Gasteiger partial charge in [-0.2, -0.15) is 0 Å². The minimum absolute atomic E-state index is 0.116. The average molecular weight is 489 g/mol. The monoisotopic (exact) mass is 488 g/mol. The van der Waals surface area contributed by atoms with Gasteiger partial charge < -0.3 is 10.1 Å². The Morgan fingerprint density at radius 3 is 2.29 bits per heavy atom. The molecule has 0 radical (unpaired) electrons. The highest BCUT2D eigenvalue weighted by Gasteiger charge is 2.32. The fourth-order valence-electron chi connectivity index (χ4n) is 3.75. The summed E-state index contributed by atoms with van der Waals surface area (Å²) >= 11 is 6.70. The molecule has 1 N–H and O–H groups in total. The number of nitrogens with zero attached hydrogens (tertiary/aromatic N) is 1. The molecular weight excluding hydrogens is 464 g/mol. The third kappa shape index (κ3) is 5.55. The van der Waals surface area contributed by atoms with Gasteiger partial charge in [-0.1, -0.05) is 96.8 Å². The normalized spacial score (nSPS) is 14.6. The van der Waals surface area contributed by atoms with E-state index in [-0.39, 0.29) is 11.8 Å². The van der Waals surface area contributed by atoms with Crippen molar-refractivity contribution in [3.05, 3.63) is 107 Å². The summed E-state index contributed by atoms with van der Waals surface area (Å²) in [6.45, 7) is 0.607. The van der Waals surface area contributed by atoms with E-state index in [1.165, 1.54) is 16.7 Å². The third-order valence-corrected chi connectivity index (χ3v) is 6.81. The summed E-state index contributed by atoms with van der Waals surface area (Å²) in [7, 11) is 1.60. The maximum atomic E-state index is 13.2. The Balaban J connectivity index is 1.42. The molecule has 34 heavy (non-hydrogen) atoms. The number of methoxy groups -OCH3 is 1. The van der Waals surface area contributed by atoms with Crippen LogP contribution in [0, 0.1) is 0 Å². The van der Waals surface area contributed by atoms with Gasteiger partial charge in [-0.05, 0) is 34.9 Å². The van der Waals surface area contributed by atoms with Crippen LogP contribution in [0.1, 0.15) is 22.6 Å². The van der Waals surface area contributed by atoms with Crippen molar-refractivity contribution in [3.8, 4) is 5.75 Å². The Bertz CT molecular complexity index is 1170. The lowest BCUT2D eigenvalue weighted by Gasteiger charge is -2.19. The summed E-state index contributed by atoms with van der Waals surface area (Å²) in [6, 6.07) is 26.8. The van der Waals surface area contributed by atoms with Crippen molar-refractivity contribution in [2.24, 2.45) is 0 Å². The topological polar surface area (TPSA) is 58.6 Å². The molecule has 0 aromatic heterocycles. The molecule has 0 spiro atoms. The number of ether oxygens (including phenoxy) is 1. The highest BCUT2D eigenvalue weighted by Crippen LogP contribution is 2.32. The van der Waals surface area contributed by atoms with Crippen molar-refractivity contribution in [2.45, 2.75) is 5.92 Å². The van der Waals surface area contributed by atoms with Crippen LogP contribution < -0.4 is 10.1 Å². The number of carbonyl (C=O) groups excluding carboxylic acids is 2. The van der Waals surface area contributed by atoms with E-state index in [1.54, 1.807) is 13.2 Å². The van der Waals surface area contributed by atoms with Crippen LogP contribution in [-0.4, -0.2) is 41.2 Å². The zero-order chi connectivity index (χ0) is 23.9. The van der Waals surface area contributed by atoms with Gasteiger partial charge in [-0.15, -0.1) is 0 Å². The fraction of sp³-hybridized carbons (Fsp3) is 0.148. The van der Waals surface area contributed by atoms with Gasteiger partial charge in [0.2, 0.25) is 5.91 Å². The second kappa shape index (κ2) is 11.1. The molecule has 3 aromatic carbocycles. The highest BCUT2D eigenvalue weighted by atomic mass is 32.2. The minimum Gasteiger partial charge on any atom is -0.497 e. The van der Waals surface area contributed by atoms with E-state index in [1.807, 2.05) is 84.9 Å². The smallest absolute Gasteiger partial charge is 0.266 e. The lowest BCUT2D eigenvalue weighted by molar-refractivity contribution is -0.124. The molecule has 5 nitrogen and oxygen atoms in total. The van der Waals surface area contributed by atoms with Crippen LogP contribution in [0.3, 0.4) is 0 Å². The molecule has 172 valence electrons. The molecule has 0 saturated carbocycles. The van der Waals surface area contributed by atoms with Gasteiger partial charge in [-0.3, -0.25) is 14.5 Å². The van der Waals surface area contributed by atoms with Gasteiger partial charge in [0.1, 0.15) is 10.1 Å². The minimum atomic E-state index is -0.429. The van der Waals surface area contributed by atoms with Crippen molar-refractivity contribution < 1.29 is 14.3 Å². The molecule has 2 amide bonds. The quantitative estimate of drug-likeness (QED) is 0.363. The molecule has 7 heteroatoms. The van der Waals surface area contributed by atoms with Crippen LogP contribution in [0.4, 0.5) is 0 Å². The first kappa shape index (κ1) is 23.7. The van der Waals surface area contributed by atoms with Crippen molar-refractivity contribution in [1.29, 1.82) is 0 Å². The molecule has 3 aromatic rings. The zero-order valence-corrected chi connectivity index (χ0v) is 20.3. The largest absolute Gasteiger partial charge is 0.497 e. The fourth-order valence-corrected chi connectivity index (χ4v) is 5.06. The van der Waals surface area contributed by atoms with Crippen molar-refractivity contribution in [2.75, 3.05) is 20.2 Å². The van der Waals surface area contributed by atoms with Gasteiger partial charge in [-0.25, -0.2) is 0 Å². The van der Waals surface area contributed by atoms with E-state index in [9.17, 15) is 9.59 Å². The van der Waals surface area contributed by atoms with Gasteiger partial charge in [0.05, 0.1) is 17.9 Å². The average Bonchev–Trinajstić information content (AvgIpc) is 3.13. The first-order chi connectivity index (χ1) is 16.6. The van der Waals surface area contributed by atoms with E-state index in [0.717, 1.165) is 22.4 Å². The summed E-state index contributed by atoms with van der Waals surface area (Å²) in [6.07, 6.45) is 1.81. The number of amides is 2. The molecule has 1 aliphatic heterocycles. The van der Waals surface area contributed by atoms with Crippen LogP contribution in [0.5, 0.6) is 5.75 Å². The predicted molar refractivity (Wildman–Crippen MR) is 141 cm³/mol. The molecular formula is C27H24N2O3S2. The Kier molecular flexibility index (Phi) is 7.77. The molecule has 0 aliphatic carbocycles. The van der Waals surface area contributed by atoms with Gasteiger partial charge in [0.25, 0.3) is 5.91 Å². The highest BCUT2D eigenvalue weighted by molar-refractivity contribution is 8.26. The van der Waals surface area contributed by atoms with E-state index < -0.39 is 5.92 Å². The van der Waals surface area contributed by atoms with Crippen molar-refractivity contribution >= 4 is 46.2 Å². The molecule has 1 heterocycles. The summed E-state index contributed by atoms with van der Waals surface area (Å²) in [4.78, 5) is 28.2. The summed E-state index contributed by atoms with van der Waals surface area (Å²) in [5, 5.41) is 2.99. The van der Waals surface area contributed by atoms with Gasteiger partial charge in [0, 0.05) is 13.1 Å². The zero-order valence-electron chi connectivity index (χ0n) is 18.6. The Labute approximate surface area is 208 Å². The first-order valence-electron chi connectivity index (χ1n) is 10.8. The number of thiocarbonyl (C=S) groups is 1. The maximum absolute atomic E-state index is 13.2. The van der Waals surface area contributed by atoms with E-state index in [0.29, 0.717) is 22.3 Å². The molecule has 1 saturated heterocycles. The molecule has 1 fully saturated rings. The number of rotatable bonds is 8. The summed E-state index contributed by atoms with van der Waals surface area (Å²) in [5.41, 5.74) is 2.69. The molecule has 0 unspecified atom stereocenters. The lowest BCUT2D eigenvalue weighted by Crippen LogP contribution is -2.39. The van der Waals surface area contributed by atoms with Crippen molar-refractivity contribution in [1.82, 2.24) is 10.2 Å². The maximum Gasteiger partial charge on any atom is 0.266 e. The Morgan fingerprint density at radius 1 is 1.03 bits per heavy atom. The standard InChI is InChI=1S/C27H24N2O3S2/c1-32-22-14-8-9-19(17-22)18-23-26(31)29(27(33)34-23)16-15-28-25(30)24(20-10-4-2-5-11-20)21-12-6-3-7-13-21/h2-14,17-18,24H,15-16H2,1H3,(H,28,30)/b23-18+. The van der Waals surface area contributed by atoms with Crippen LogP contribution in [0.25, 0.3) is 6.08 Å². The number of nitrogens with one attached hydrogen (secondary N) is 1. The lowest BCUT2D eigenvalue weighted by atomic mass is 9.90. The molecule has 0 bridgehead atoms. The number of carbonyl (C=O) groups is 2. The van der Waals surface area contributed by atoms with Crippen LogP contribution in [0.15, 0.2) is 89.8 Å². The van der Waals surface area contributed by atoms with E-state index >= 15 is 0 Å². The Hall–Kier alpha value is -3.42. The second-order valence-corrected chi connectivity index (χ2v) is 9.33. The van der Waals surface area contributed by atoms with Crippen LogP contribution in [-0.2, 0) is 9.59 Å². The first-order valence-corrected chi connectivity index (χ1v) is 12.1. The van der Waals surface area contributed by atoms with Crippen LogP contribution in [0.2, 0.25) is 0 Å². The van der Waals surface area contributed by atoms with Crippen LogP contribution >= 0.6 is 24.0 Å². The van der Waals surface area contributed by atoms with Gasteiger partial charge in [0.15, 0.2) is 0 Å². The van der Waals surface area contributed by atoms with E-state index in [2.05, 4.69) is 5.32 Å². The molecule has 1 aliphatic rings. The number of thioether (sulfide) groups is 1. The predicted octanol–water partition coefficient (Wildman–Crippen LogP) is 4.84. The van der Waals surface area contributed by atoms with Gasteiger partial charge >= 0.3 is 0 Å².